The van der Waals surface area contributed by atoms with E-state index in [1.807, 2.05) is 13.8 Å². The summed E-state index contributed by atoms with van der Waals surface area (Å²) < 4.78 is 15.4. The lowest BCUT2D eigenvalue weighted by molar-refractivity contribution is -0.344. The molecule has 0 radical (unpaired) electrons. The Morgan fingerprint density at radius 1 is 1.20 bits per heavy atom. The van der Waals surface area contributed by atoms with Gasteiger partial charge in [-0.15, -0.1) is 0 Å². The maximum atomic E-state index is 5.19. The molecule has 0 amide bonds. The van der Waals surface area contributed by atoms with Crippen LogP contribution in [-0.4, -0.2) is 30.7 Å². The minimum absolute atomic E-state index is 0.208. The van der Waals surface area contributed by atoms with Crippen molar-refractivity contribution >= 4 is 10.5 Å². The Hall–Kier alpha value is 0.0969. The van der Waals surface area contributed by atoms with Crippen molar-refractivity contribution in [1.29, 1.82) is 0 Å². The van der Waals surface area contributed by atoms with Gasteiger partial charge in [0.05, 0.1) is 0 Å². The van der Waals surface area contributed by atoms with E-state index in [-0.39, 0.29) is 5.92 Å². The number of hydrogen-bond donors (Lipinski definition) is 0. The molecule has 62 valence electrons. The third-order valence-corrected chi connectivity index (χ3v) is 2.13. The van der Waals surface area contributed by atoms with Gasteiger partial charge in [0.15, 0.2) is 10.5 Å². The minimum atomic E-state index is -0.813. The van der Waals surface area contributed by atoms with E-state index in [2.05, 4.69) is 0 Å². The first-order chi connectivity index (χ1) is 4.63. The highest BCUT2D eigenvalue weighted by atomic mass is 28.2. The van der Waals surface area contributed by atoms with Gasteiger partial charge in [0.2, 0.25) is 0 Å². The van der Waals surface area contributed by atoms with Crippen molar-refractivity contribution < 1.29 is 13.9 Å². The van der Waals surface area contributed by atoms with E-state index in [1.165, 1.54) is 0 Å². The zero-order chi connectivity index (χ0) is 8.20. The summed E-state index contributed by atoms with van der Waals surface area (Å²) in [6, 6.07) is 0. The molecule has 0 aliphatic carbocycles. The molecule has 0 heterocycles. The lowest BCUT2D eigenvalue weighted by atomic mass is 10.2. The van der Waals surface area contributed by atoms with E-state index in [4.69, 9.17) is 13.9 Å². The zero-order valence-corrected chi connectivity index (χ0v) is 9.30. The Morgan fingerprint density at radius 2 is 1.60 bits per heavy atom. The van der Waals surface area contributed by atoms with Crippen molar-refractivity contribution in [2.45, 2.75) is 19.8 Å². The van der Waals surface area contributed by atoms with Crippen LogP contribution in [0.25, 0.3) is 0 Å². The number of rotatable bonds is 4. The zero-order valence-electron chi connectivity index (χ0n) is 7.30. The maximum absolute atomic E-state index is 5.19. The normalized spacial score (nSPS) is 12.9. The second-order valence-electron chi connectivity index (χ2n) is 2.37. The Kier molecular flexibility index (Phi) is 4.11. The van der Waals surface area contributed by atoms with Crippen molar-refractivity contribution in [3.05, 3.63) is 0 Å². The molecule has 0 bridgehead atoms. The standard InChI is InChI=1S/C6H16O3Si/c1-5(2)6(7-3,8-4)9-10/h5H,1-4,10H3. The summed E-state index contributed by atoms with van der Waals surface area (Å²) in [5.74, 6) is -0.605. The van der Waals surface area contributed by atoms with Crippen LogP contribution in [-0.2, 0) is 13.9 Å². The van der Waals surface area contributed by atoms with Gasteiger partial charge in [0, 0.05) is 20.1 Å². The molecule has 0 saturated heterocycles. The van der Waals surface area contributed by atoms with Crippen LogP contribution in [0.4, 0.5) is 0 Å². The van der Waals surface area contributed by atoms with Gasteiger partial charge in [-0.25, -0.2) is 0 Å². The van der Waals surface area contributed by atoms with Crippen molar-refractivity contribution in [1.82, 2.24) is 0 Å². The Morgan fingerprint density at radius 3 is 1.60 bits per heavy atom. The lowest BCUT2D eigenvalue weighted by Gasteiger charge is -2.32. The van der Waals surface area contributed by atoms with Crippen LogP contribution in [0.1, 0.15) is 13.8 Å². The molecule has 0 aliphatic heterocycles. The van der Waals surface area contributed by atoms with Crippen LogP contribution in [0.5, 0.6) is 0 Å². The summed E-state index contributed by atoms with van der Waals surface area (Å²) >= 11 is 0. The highest BCUT2D eigenvalue weighted by Gasteiger charge is 2.32. The quantitative estimate of drug-likeness (QED) is 0.428. The third kappa shape index (κ3) is 1.79. The monoisotopic (exact) mass is 164 g/mol. The smallest absolute Gasteiger partial charge is 0.274 e. The first kappa shape index (κ1) is 10.1. The predicted octanol–water partition coefficient (Wildman–Crippen LogP) is -0.114. The molecule has 0 aliphatic rings. The van der Waals surface area contributed by atoms with E-state index in [9.17, 15) is 0 Å². The van der Waals surface area contributed by atoms with E-state index in [1.54, 1.807) is 14.2 Å². The van der Waals surface area contributed by atoms with Gasteiger partial charge in [-0.05, 0) is 0 Å². The summed E-state index contributed by atoms with van der Waals surface area (Å²) in [6.45, 7) is 3.98. The molecule has 0 unspecified atom stereocenters. The second-order valence-corrected chi connectivity index (χ2v) is 2.78. The van der Waals surface area contributed by atoms with Crippen molar-refractivity contribution in [2.24, 2.45) is 5.92 Å². The summed E-state index contributed by atoms with van der Waals surface area (Å²) in [4.78, 5) is 0. The highest BCUT2D eigenvalue weighted by Crippen LogP contribution is 2.21. The molecule has 10 heavy (non-hydrogen) atoms. The molecule has 0 spiro atoms. The van der Waals surface area contributed by atoms with Crippen LogP contribution >= 0.6 is 0 Å². The fourth-order valence-corrected chi connectivity index (χ4v) is 1.76. The van der Waals surface area contributed by atoms with Gasteiger partial charge >= 0.3 is 0 Å². The summed E-state index contributed by atoms with van der Waals surface area (Å²) in [5.41, 5.74) is 0. The molecule has 0 rings (SSSR count). The maximum Gasteiger partial charge on any atom is 0.274 e. The Bertz CT molecular complexity index is 82.7. The number of ether oxygens (including phenoxy) is 2. The fraction of sp³-hybridized carbons (Fsp3) is 1.00. The first-order valence-corrected chi connectivity index (χ1v) is 4.10. The van der Waals surface area contributed by atoms with E-state index in [0.717, 1.165) is 0 Å². The van der Waals surface area contributed by atoms with Crippen molar-refractivity contribution in [3.8, 4) is 0 Å². The molecular formula is C6H16O3Si. The van der Waals surface area contributed by atoms with Crippen molar-refractivity contribution in [3.63, 3.8) is 0 Å². The van der Waals surface area contributed by atoms with Gasteiger partial charge in [-0.1, -0.05) is 13.8 Å². The molecule has 0 fully saturated rings. The fourth-order valence-electron chi connectivity index (χ4n) is 0.957. The van der Waals surface area contributed by atoms with E-state index < -0.39 is 5.97 Å². The molecule has 0 saturated carbocycles. The van der Waals surface area contributed by atoms with Gasteiger partial charge in [0.1, 0.15) is 0 Å². The Labute approximate surface area is 65.2 Å². The summed E-state index contributed by atoms with van der Waals surface area (Å²) in [7, 11) is 3.78. The van der Waals surface area contributed by atoms with Crippen LogP contribution in [0.2, 0.25) is 0 Å². The van der Waals surface area contributed by atoms with Gasteiger partial charge < -0.3 is 13.9 Å². The molecular weight excluding hydrogens is 148 g/mol. The van der Waals surface area contributed by atoms with Crippen LogP contribution in [0, 0.1) is 5.92 Å². The molecule has 0 aromatic heterocycles. The van der Waals surface area contributed by atoms with Crippen LogP contribution < -0.4 is 0 Å². The van der Waals surface area contributed by atoms with Gasteiger partial charge in [0.25, 0.3) is 5.97 Å². The molecule has 0 aromatic carbocycles. The third-order valence-electron chi connectivity index (χ3n) is 1.56. The van der Waals surface area contributed by atoms with E-state index in [0.29, 0.717) is 10.5 Å². The molecule has 4 heteroatoms. The van der Waals surface area contributed by atoms with Crippen LogP contribution in [0.15, 0.2) is 0 Å². The molecule has 0 aromatic rings. The summed E-state index contributed by atoms with van der Waals surface area (Å²) in [6.07, 6.45) is 0. The minimum Gasteiger partial charge on any atom is -0.380 e. The molecule has 0 N–H and O–H groups in total. The summed E-state index contributed by atoms with van der Waals surface area (Å²) in [5, 5.41) is 0. The number of hydrogen-bond acceptors (Lipinski definition) is 3. The predicted molar refractivity (Wildman–Crippen MR) is 42.6 cm³/mol. The largest absolute Gasteiger partial charge is 0.380 e. The first-order valence-electron chi connectivity index (χ1n) is 3.28. The van der Waals surface area contributed by atoms with E-state index >= 15 is 0 Å². The SMILES string of the molecule is COC(OC)(O[SiH3])C(C)C. The lowest BCUT2D eigenvalue weighted by Crippen LogP contribution is -2.41. The van der Waals surface area contributed by atoms with Crippen molar-refractivity contribution in [2.75, 3.05) is 14.2 Å². The second kappa shape index (κ2) is 4.08. The van der Waals surface area contributed by atoms with Gasteiger partial charge in [-0.2, -0.15) is 0 Å². The van der Waals surface area contributed by atoms with Crippen LogP contribution in [0.3, 0.4) is 0 Å². The Balaban J connectivity index is 4.15. The molecule has 0 atom stereocenters. The number of methoxy groups -OCH3 is 2. The average Bonchev–Trinajstić information content (AvgIpc) is 1.92. The average molecular weight is 164 g/mol. The highest BCUT2D eigenvalue weighted by molar-refractivity contribution is 5.98. The van der Waals surface area contributed by atoms with Gasteiger partial charge in [-0.3, -0.25) is 0 Å². The topological polar surface area (TPSA) is 27.7 Å². The molecule has 3 nitrogen and oxygen atoms in total.